The third kappa shape index (κ3) is 4.57. The van der Waals surface area contributed by atoms with Gasteiger partial charge in [0, 0.05) is 9.90 Å². The lowest BCUT2D eigenvalue weighted by Gasteiger charge is -2.11. The molecule has 0 unspecified atom stereocenters. The van der Waals surface area contributed by atoms with Crippen LogP contribution < -0.4 is 10.1 Å². The maximum absolute atomic E-state index is 12.1. The molecule has 136 valence electrons. The number of carbonyl (C=O) groups is 1. The van der Waals surface area contributed by atoms with Crippen LogP contribution in [0.2, 0.25) is 5.02 Å². The Kier molecular flexibility index (Phi) is 6.18. The third-order valence-corrected chi connectivity index (χ3v) is 5.70. The number of ether oxygens (including phenoxy) is 1. The summed E-state index contributed by atoms with van der Waals surface area (Å²) in [6.07, 6.45) is 0. The van der Waals surface area contributed by atoms with Crippen molar-refractivity contribution in [3.63, 3.8) is 0 Å². The van der Waals surface area contributed by atoms with Gasteiger partial charge in [-0.1, -0.05) is 29.4 Å². The van der Waals surface area contributed by atoms with Crippen molar-refractivity contribution in [1.29, 1.82) is 0 Å². The summed E-state index contributed by atoms with van der Waals surface area (Å²) in [7, 11) is 1.58. The Morgan fingerprint density at radius 2 is 2.31 bits per heavy atom. The fraction of sp³-hybridized carbons (Fsp3) is 0.235. The van der Waals surface area contributed by atoms with E-state index in [0.29, 0.717) is 21.8 Å². The fourth-order valence-corrected chi connectivity index (χ4v) is 3.83. The van der Waals surface area contributed by atoms with Gasteiger partial charge in [0.2, 0.25) is 11.1 Å². The van der Waals surface area contributed by atoms with E-state index in [1.165, 1.54) is 11.8 Å². The molecular weight excluding hydrogens is 392 g/mol. The summed E-state index contributed by atoms with van der Waals surface area (Å²) in [5, 5.41) is 13.0. The van der Waals surface area contributed by atoms with E-state index in [9.17, 15) is 4.79 Å². The van der Waals surface area contributed by atoms with Crippen LogP contribution in [0.25, 0.3) is 11.4 Å². The molecular formula is C17H17ClN4O2S2. The average Bonchev–Trinajstić information content (AvgIpc) is 3.32. The molecule has 0 aliphatic rings. The number of amides is 1. The van der Waals surface area contributed by atoms with E-state index >= 15 is 0 Å². The second-order valence-corrected chi connectivity index (χ2v) is 7.76. The summed E-state index contributed by atoms with van der Waals surface area (Å²) >= 11 is 8.93. The SMILES string of the molecule is COc1ccc(Cl)cc1-c1nc(SCC(=O)N[C@H](C)c2cccs2)n[nH]1. The summed E-state index contributed by atoms with van der Waals surface area (Å²) in [4.78, 5) is 17.6. The van der Waals surface area contributed by atoms with Gasteiger partial charge in [0.1, 0.15) is 5.75 Å². The highest BCUT2D eigenvalue weighted by molar-refractivity contribution is 7.99. The van der Waals surface area contributed by atoms with Crippen molar-refractivity contribution in [1.82, 2.24) is 20.5 Å². The molecule has 6 nitrogen and oxygen atoms in total. The third-order valence-electron chi connectivity index (χ3n) is 3.56. The number of thiophene rings is 1. The molecule has 0 saturated carbocycles. The number of nitrogens with one attached hydrogen (secondary N) is 2. The Balaban J connectivity index is 1.60. The Morgan fingerprint density at radius 1 is 1.46 bits per heavy atom. The molecule has 1 atom stereocenters. The molecule has 0 radical (unpaired) electrons. The number of aromatic amines is 1. The quantitative estimate of drug-likeness (QED) is 0.573. The first-order valence-corrected chi connectivity index (χ1v) is 10.0. The van der Waals surface area contributed by atoms with Gasteiger partial charge in [-0.2, -0.15) is 0 Å². The van der Waals surface area contributed by atoms with Crippen LogP contribution in [0.15, 0.2) is 40.9 Å². The Labute approximate surface area is 164 Å². The zero-order valence-corrected chi connectivity index (χ0v) is 16.5. The van der Waals surface area contributed by atoms with Crippen molar-refractivity contribution in [2.24, 2.45) is 0 Å². The number of rotatable bonds is 7. The molecule has 3 aromatic rings. The van der Waals surface area contributed by atoms with Crippen LogP contribution in [-0.2, 0) is 4.79 Å². The number of carbonyl (C=O) groups excluding carboxylic acids is 1. The fourth-order valence-electron chi connectivity index (χ4n) is 2.32. The van der Waals surface area contributed by atoms with E-state index in [2.05, 4.69) is 20.5 Å². The first-order chi connectivity index (χ1) is 12.6. The molecule has 26 heavy (non-hydrogen) atoms. The Morgan fingerprint density at radius 3 is 3.04 bits per heavy atom. The predicted molar refractivity (Wildman–Crippen MR) is 105 cm³/mol. The molecule has 1 aromatic carbocycles. The van der Waals surface area contributed by atoms with Gasteiger partial charge in [0.05, 0.1) is 24.5 Å². The van der Waals surface area contributed by atoms with Crippen molar-refractivity contribution in [3.8, 4) is 17.1 Å². The molecule has 0 saturated heterocycles. The molecule has 0 spiro atoms. The van der Waals surface area contributed by atoms with Gasteiger partial charge >= 0.3 is 0 Å². The number of nitrogens with zero attached hydrogens (tertiary/aromatic N) is 2. The number of halogens is 1. The summed E-state index contributed by atoms with van der Waals surface area (Å²) in [6, 6.07) is 9.23. The van der Waals surface area contributed by atoms with Crippen molar-refractivity contribution < 1.29 is 9.53 Å². The molecule has 9 heteroatoms. The van der Waals surface area contributed by atoms with E-state index < -0.39 is 0 Å². The predicted octanol–water partition coefficient (Wildman–Crippen LogP) is 4.16. The summed E-state index contributed by atoms with van der Waals surface area (Å²) in [5.74, 6) is 1.35. The highest BCUT2D eigenvalue weighted by Crippen LogP contribution is 2.31. The van der Waals surface area contributed by atoms with Gasteiger partial charge in [-0.15, -0.1) is 16.4 Å². The van der Waals surface area contributed by atoms with Gasteiger partial charge in [0.15, 0.2) is 5.82 Å². The number of methoxy groups -OCH3 is 1. The van der Waals surface area contributed by atoms with Crippen LogP contribution in [0.1, 0.15) is 17.8 Å². The number of hydrogen-bond donors (Lipinski definition) is 2. The number of aromatic nitrogens is 3. The van der Waals surface area contributed by atoms with Crippen LogP contribution in [0.4, 0.5) is 0 Å². The van der Waals surface area contributed by atoms with E-state index in [1.54, 1.807) is 36.6 Å². The lowest BCUT2D eigenvalue weighted by atomic mass is 10.2. The lowest BCUT2D eigenvalue weighted by molar-refractivity contribution is -0.119. The second-order valence-electron chi connectivity index (χ2n) is 5.40. The van der Waals surface area contributed by atoms with E-state index in [0.717, 1.165) is 10.4 Å². The van der Waals surface area contributed by atoms with Crippen LogP contribution in [0.3, 0.4) is 0 Å². The van der Waals surface area contributed by atoms with Gasteiger partial charge in [-0.3, -0.25) is 9.89 Å². The largest absolute Gasteiger partial charge is 0.496 e. The maximum atomic E-state index is 12.1. The van der Waals surface area contributed by atoms with Gasteiger partial charge in [-0.25, -0.2) is 4.98 Å². The monoisotopic (exact) mass is 408 g/mol. The van der Waals surface area contributed by atoms with Crippen molar-refractivity contribution in [2.75, 3.05) is 12.9 Å². The molecule has 0 fully saturated rings. The van der Waals surface area contributed by atoms with Gasteiger partial charge < -0.3 is 10.1 Å². The molecule has 0 bridgehead atoms. The minimum absolute atomic E-state index is 0.0125. The highest BCUT2D eigenvalue weighted by atomic mass is 35.5. The molecule has 3 rings (SSSR count). The van der Waals surface area contributed by atoms with Crippen LogP contribution in [0.5, 0.6) is 5.75 Å². The van der Waals surface area contributed by atoms with Crippen LogP contribution >= 0.6 is 34.7 Å². The summed E-state index contributed by atoms with van der Waals surface area (Å²) in [5.41, 5.74) is 0.718. The smallest absolute Gasteiger partial charge is 0.230 e. The molecule has 2 heterocycles. The van der Waals surface area contributed by atoms with E-state index in [1.807, 2.05) is 24.4 Å². The molecule has 0 aliphatic heterocycles. The zero-order valence-electron chi connectivity index (χ0n) is 14.2. The first-order valence-electron chi connectivity index (χ1n) is 7.78. The molecule has 1 amide bonds. The Bertz CT molecular complexity index is 883. The summed E-state index contributed by atoms with van der Waals surface area (Å²) < 4.78 is 5.32. The van der Waals surface area contributed by atoms with E-state index in [-0.39, 0.29) is 17.7 Å². The normalized spacial score (nSPS) is 12.0. The highest BCUT2D eigenvalue weighted by Gasteiger charge is 2.14. The topological polar surface area (TPSA) is 79.9 Å². The lowest BCUT2D eigenvalue weighted by Crippen LogP contribution is -2.27. The number of benzene rings is 1. The number of H-pyrrole nitrogens is 1. The van der Waals surface area contributed by atoms with Crippen LogP contribution in [-0.4, -0.2) is 34.0 Å². The number of thioether (sulfide) groups is 1. The minimum atomic E-state index is -0.0670. The molecule has 2 aromatic heterocycles. The van der Waals surface area contributed by atoms with Crippen molar-refractivity contribution >= 4 is 40.6 Å². The molecule has 2 N–H and O–H groups in total. The average molecular weight is 409 g/mol. The maximum Gasteiger partial charge on any atom is 0.230 e. The summed E-state index contributed by atoms with van der Waals surface area (Å²) in [6.45, 7) is 1.96. The second kappa shape index (κ2) is 8.57. The van der Waals surface area contributed by atoms with Gasteiger partial charge in [0.25, 0.3) is 0 Å². The van der Waals surface area contributed by atoms with Crippen molar-refractivity contribution in [2.45, 2.75) is 18.1 Å². The van der Waals surface area contributed by atoms with Crippen molar-refractivity contribution in [3.05, 3.63) is 45.6 Å². The molecule has 0 aliphatic carbocycles. The zero-order chi connectivity index (χ0) is 18.5. The van der Waals surface area contributed by atoms with E-state index in [4.69, 9.17) is 16.3 Å². The standard InChI is InChI=1S/C17H17ClN4O2S2/c1-10(14-4-3-7-25-14)19-15(23)9-26-17-20-16(21-22-17)12-8-11(18)5-6-13(12)24-2/h3-8,10H,9H2,1-2H3,(H,19,23)(H,20,21,22)/t10-/m1/s1. The minimum Gasteiger partial charge on any atom is -0.496 e. The Hall–Kier alpha value is -2.03. The van der Waals surface area contributed by atoms with Gasteiger partial charge in [-0.05, 0) is 36.6 Å². The first kappa shape index (κ1) is 18.8. The number of hydrogen-bond acceptors (Lipinski definition) is 6. The van der Waals surface area contributed by atoms with Crippen LogP contribution in [0, 0.1) is 0 Å².